The Morgan fingerprint density at radius 3 is 0.622 bits per heavy atom. The molecule has 0 bridgehead atoms. The van der Waals surface area contributed by atoms with Crippen molar-refractivity contribution in [2.45, 2.75) is 119 Å². The van der Waals surface area contributed by atoms with Crippen LogP contribution in [0.5, 0.6) is 0 Å². The molecule has 10 heteroatoms. The Hall–Kier alpha value is -0.112. The molecule has 0 fully saturated rings. The molecule has 0 aromatic carbocycles. The van der Waals surface area contributed by atoms with E-state index in [1.165, 1.54) is 0 Å². The van der Waals surface area contributed by atoms with Crippen molar-refractivity contribution < 1.29 is 14.4 Å². The monoisotopic (exact) mass is 685 g/mol. The first-order chi connectivity index (χ1) is 17.2. The molecule has 0 N–H and O–H groups in total. The summed E-state index contributed by atoms with van der Waals surface area (Å²) in [7, 11) is 0. The van der Waals surface area contributed by atoms with Crippen LogP contribution >= 0.6 is 0 Å². The summed E-state index contributed by atoms with van der Waals surface area (Å²) in [5, 5.41) is -0.592. The van der Waals surface area contributed by atoms with Gasteiger partial charge < -0.3 is 67.0 Å². The second-order valence-corrected chi connectivity index (χ2v) is 9.93. The van der Waals surface area contributed by atoms with Crippen LogP contribution in [0, 0.1) is 0 Å². The molecule has 0 aliphatic carbocycles. The van der Waals surface area contributed by atoms with Crippen molar-refractivity contribution in [3.63, 3.8) is 0 Å². The summed E-state index contributed by atoms with van der Waals surface area (Å²) in [6, 6.07) is 0. The van der Waals surface area contributed by atoms with E-state index in [1.807, 2.05) is 0 Å². The zero-order valence-electron chi connectivity index (χ0n) is 24.5. The van der Waals surface area contributed by atoms with Gasteiger partial charge >= 0.3 is 24.4 Å². The summed E-state index contributed by atoms with van der Waals surface area (Å²) < 4.78 is 0. The number of carbonyl (C=O) groups is 3. The molecule has 0 rings (SSSR count). The van der Waals surface area contributed by atoms with Gasteiger partial charge in [0, 0.05) is 39.3 Å². The van der Waals surface area contributed by atoms with E-state index in [2.05, 4.69) is 79.4 Å². The van der Waals surface area contributed by atoms with E-state index in [0.717, 1.165) is 116 Å². The molecular weight excluding hydrogens is 632 g/mol. The van der Waals surface area contributed by atoms with Gasteiger partial charge in [-0.1, -0.05) is 80.1 Å². The Morgan fingerprint density at radius 1 is 0.405 bits per heavy atom. The Labute approximate surface area is 263 Å². The van der Waals surface area contributed by atoms with Gasteiger partial charge in [0.05, 0.1) is 0 Å². The molecule has 3 amide bonds. The van der Waals surface area contributed by atoms with Crippen LogP contribution in [0.25, 0.3) is 0 Å². The van der Waals surface area contributed by atoms with E-state index < -0.39 is 0 Å². The van der Waals surface area contributed by atoms with Gasteiger partial charge in [-0.15, -0.1) is 0 Å². The summed E-state index contributed by atoms with van der Waals surface area (Å²) in [6.45, 7) is 17.7. The van der Waals surface area contributed by atoms with Crippen LogP contribution in [0.15, 0.2) is 0 Å². The summed E-state index contributed by atoms with van der Waals surface area (Å²) in [6.07, 6.45) is 13.1. The van der Waals surface area contributed by atoms with E-state index in [1.54, 1.807) is 14.7 Å². The molecule has 0 unspecified atom stereocenters. The zero-order valence-corrected chi connectivity index (χ0v) is 29.5. The van der Waals surface area contributed by atoms with E-state index in [0.29, 0.717) is 0 Å². The Kier molecular flexibility index (Phi) is 40.3. The van der Waals surface area contributed by atoms with E-state index >= 15 is 0 Å². The zero-order chi connectivity index (χ0) is 28.2. The molecule has 0 aromatic rings. The van der Waals surface area contributed by atoms with Crippen molar-refractivity contribution in [3.05, 3.63) is 0 Å². The summed E-state index contributed by atoms with van der Waals surface area (Å²) in [4.78, 5) is 38.0. The first-order valence-electron chi connectivity index (χ1n) is 14.0. The normalized spacial score (nSPS) is 9.57. The smallest absolute Gasteiger partial charge is 0.719 e. The first-order valence-corrected chi connectivity index (χ1v) is 15.3. The molecule has 37 heavy (non-hydrogen) atoms. The molecule has 0 atom stereocenters. The van der Waals surface area contributed by atoms with Crippen LogP contribution in [0.2, 0.25) is 0 Å². The largest absolute Gasteiger partial charge is 3.00 e. The number of unbranched alkanes of at least 4 members (excludes halogenated alkanes) is 6. The summed E-state index contributed by atoms with van der Waals surface area (Å²) in [5.41, 5.74) is 0. The molecule has 0 spiro atoms. The summed E-state index contributed by atoms with van der Waals surface area (Å²) in [5.74, 6) is 0. The summed E-state index contributed by atoms with van der Waals surface area (Å²) >= 11 is 13.8. The number of hydrogen-bond donors (Lipinski definition) is 0. The molecule has 0 aliphatic heterocycles. The third kappa shape index (κ3) is 32.0. The van der Waals surface area contributed by atoms with Gasteiger partial charge in [-0.2, -0.15) is 0 Å². The van der Waals surface area contributed by atoms with Crippen LogP contribution in [0.4, 0.5) is 14.4 Å². The minimum atomic E-state index is -0.197. The standard InChI is InChI=1S/3C9H19NOS.Sb/c3*1-3-5-7-10(9(11)12)8-6-4-2;/h3*3-8H2,1-2H3,(H,11,12);/q;;;+3/p-3. The van der Waals surface area contributed by atoms with Crippen molar-refractivity contribution in [2.24, 2.45) is 0 Å². The number of hydrogen-bond acceptors (Lipinski definition) is 6. The molecular formula is C27H54N3O3S3Sb. The first kappa shape index (κ1) is 43.9. The number of amides is 3. The minimum Gasteiger partial charge on any atom is -0.719 e. The maximum absolute atomic E-state index is 10.9. The molecule has 0 saturated heterocycles. The van der Waals surface area contributed by atoms with Gasteiger partial charge in [-0.05, 0) is 38.5 Å². The van der Waals surface area contributed by atoms with E-state index in [4.69, 9.17) is 0 Å². The number of carbonyl (C=O) groups excluding carboxylic acids is 3. The second kappa shape index (κ2) is 33.9. The quantitative estimate of drug-likeness (QED) is 0.112. The second-order valence-electron chi connectivity index (χ2n) is 8.88. The molecule has 6 nitrogen and oxygen atoms in total. The molecule has 0 aromatic heterocycles. The third-order valence-electron chi connectivity index (χ3n) is 5.46. The molecule has 0 aliphatic rings. The average molecular weight is 687 g/mol. The van der Waals surface area contributed by atoms with Crippen LogP contribution in [0.1, 0.15) is 119 Å². The van der Waals surface area contributed by atoms with Crippen molar-refractivity contribution in [1.29, 1.82) is 0 Å². The van der Waals surface area contributed by atoms with Gasteiger partial charge in [0.25, 0.3) is 0 Å². The van der Waals surface area contributed by atoms with Crippen LogP contribution in [0.3, 0.4) is 0 Å². The SMILES string of the molecule is CCCCN(CCCC)C(=O)[S-].CCCCN(CCCC)C(=O)[S-].CCCCN(CCCC)C(=O)[S-].[Sb+3]. The Bertz CT molecular complexity index is 437. The fraction of sp³-hybridized carbons (Fsp3) is 0.889. The van der Waals surface area contributed by atoms with Gasteiger partial charge in [0.15, 0.2) is 0 Å². The van der Waals surface area contributed by atoms with Crippen molar-refractivity contribution in [3.8, 4) is 0 Å². The Balaban J connectivity index is -0.000000218. The maximum Gasteiger partial charge on any atom is 3.00 e. The minimum absolute atomic E-state index is 0. The van der Waals surface area contributed by atoms with E-state index in [-0.39, 0.29) is 40.1 Å². The fourth-order valence-corrected chi connectivity index (χ4v) is 3.52. The molecule has 0 saturated carbocycles. The van der Waals surface area contributed by atoms with Gasteiger partial charge in [0.1, 0.15) is 15.7 Å². The van der Waals surface area contributed by atoms with Gasteiger partial charge in [0.2, 0.25) is 0 Å². The van der Waals surface area contributed by atoms with Crippen molar-refractivity contribution >= 4 is 78.0 Å². The predicted octanol–water partition coefficient (Wildman–Crippen LogP) is 7.29. The average Bonchev–Trinajstić information content (AvgIpc) is 2.84. The van der Waals surface area contributed by atoms with Crippen LogP contribution < -0.4 is 0 Å². The third-order valence-corrected chi connectivity index (χ3v) is 6.24. The van der Waals surface area contributed by atoms with Crippen LogP contribution in [-0.2, 0) is 37.9 Å². The Morgan fingerprint density at radius 2 is 0.541 bits per heavy atom. The fourth-order valence-electron chi connectivity index (χ4n) is 2.98. The topological polar surface area (TPSA) is 60.9 Å². The number of nitrogens with zero attached hydrogens (tertiary/aromatic N) is 3. The van der Waals surface area contributed by atoms with Crippen molar-refractivity contribution in [1.82, 2.24) is 14.7 Å². The van der Waals surface area contributed by atoms with Crippen molar-refractivity contribution in [2.75, 3.05) is 39.3 Å². The molecule has 0 heterocycles. The van der Waals surface area contributed by atoms with Gasteiger partial charge in [-0.3, -0.25) is 0 Å². The van der Waals surface area contributed by atoms with Gasteiger partial charge in [-0.25, -0.2) is 0 Å². The molecule has 218 valence electrons. The predicted molar refractivity (Wildman–Crippen MR) is 168 cm³/mol. The molecule has 2 radical (unpaired) electrons. The van der Waals surface area contributed by atoms with Crippen LogP contribution in [-0.4, -0.2) is 94.1 Å². The van der Waals surface area contributed by atoms with E-state index in [9.17, 15) is 14.4 Å². The maximum atomic E-state index is 10.9. The number of rotatable bonds is 18.